The SMILES string of the molecule is COc1ccc2cc(CCN3CCCC(CN4Cc5cc(OC)c(OC)cc5C4=O)C3)ccc2c1. The van der Waals surface area contributed by atoms with Crippen molar-refractivity contribution in [1.82, 2.24) is 9.80 Å². The Bertz CT molecular complexity index is 1220. The zero-order valence-corrected chi connectivity index (χ0v) is 20.9. The van der Waals surface area contributed by atoms with Crippen molar-refractivity contribution in [1.29, 1.82) is 0 Å². The summed E-state index contributed by atoms with van der Waals surface area (Å²) in [7, 11) is 4.94. The molecule has 184 valence electrons. The molecule has 1 unspecified atom stereocenters. The topological polar surface area (TPSA) is 51.2 Å². The number of fused-ring (bicyclic) bond motifs is 2. The molecule has 1 fully saturated rings. The standard InChI is InChI=1S/C29H34N2O4/c1-33-25-9-8-22-13-20(6-7-23(22)14-25)10-12-30-11-4-5-21(17-30)18-31-19-24-15-27(34-2)28(35-3)16-26(24)29(31)32/h6-9,13-16,21H,4-5,10-12,17-19H2,1-3H3. The molecule has 2 aliphatic heterocycles. The summed E-state index contributed by atoms with van der Waals surface area (Å²) in [4.78, 5) is 17.6. The minimum Gasteiger partial charge on any atom is -0.497 e. The first kappa shape index (κ1) is 23.5. The second kappa shape index (κ2) is 10.2. The Morgan fingerprint density at radius 3 is 2.49 bits per heavy atom. The van der Waals surface area contributed by atoms with Crippen LogP contribution in [0, 0.1) is 5.92 Å². The summed E-state index contributed by atoms with van der Waals surface area (Å²) in [6.07, 6.45) is 3.38. The number of carbonyl (C=O) groups is 1. The van der Waals surface area contributed by atoms with Crippen LogP contribution >= 0.6 is 0 Å². The first-order chi connectivity index (χ1) is 17.1. The van der Waals surface area contributed by atoms with Gasteiger partial charge in [0.25, 0.3) is 5.91 Å². The van der Waals surface area contributed by atoms with Gasteiger partial charge >= 0.3 is 0 Å². The highest BCUT2D eigenvalue weighted by atomic mass is 16.5. The Morgan fingerprint density at radius 1 is 0.914 bits per heavy atom. The Balaban J connectivity index is 1.18. The minimum absolute atomic E-state index is 0.103. The van der Waals surface area contributed by atoms with Crippen LogP contribution < -0.4 is 14.2 Å². The maximum Gasteiger partial charge on any atom is 0.254 e. The fraction of sp³-hybridized carbons (Fsp3) is 0.414. The van der Waals surface area contributed by atoms with E-state index in [2.05, 4.69) is 35.2 Å². The van der Waals surface area contributed by atoms with Gasteiger partial charge in [0.1, 0.15) is 5.75 Å². The van der Waals surface area contributed by atoms with E-state index in [-0.39, 0.29) is 5.91 Å². The average Bonchev–Trinajstić information content (AvgIpc) is 3.20. The lowest BCUT2D eigenvalue weighted by molar-refractivity contribution is 0.0703. The number of likely N-dealkylation sites (tertiary alicyclic amines) is 1. The van der Waals surface area contributed by atoms with Crippen LogP contribution in [0.4, 0.5) is 0 Å². The van der Waals surface area contributed by atoms with Gasteiger partial charge < -0.3 is 24.0 Å². The van der Waals surface area contributed by atoms with Crippen molar-refractivity contribution in [2.45, 2.75) is 25.8 Å². The van der Waals surface area contributed by atoms with Gasteiger partial charge in [0.05, 0.1) is 21.3 Å². The van der Waals surface area contributed by atoms with Gasteiger partial charge in [-0.1, -0.05) is 24.3 Å². The van der Waals surface area contributed by atoms with E-state index in [4.69, 9.17) is 14.2 Å². The normalized spacial score (nSPS) is 18.1. The third-order valence-corrected chi connectivity index (χ3v) is 7.40. The summed E-state index contributed by atoms with van der Waals surface area (Å²) >= 11 is 0. The van der Waals surface area contributed by atoms with Crippen molar-refractivity contribution >= 4 is 16.7 Å². The van der Waals surface area contributed by atoms with Gasteiger partial charge in [-0.2, -0.15) is 0 Å². The number of benzene rings is 3. The number of methoxy groups -OCH3 is 3. The van der Waals surface area contributed by atoms with Gasteiger partial charge in [0.15, 0.2) is 11.5 Å². The second-order valence-corrected chi connectivity index (χ2v) is 9.66. The number of hydrogen-bond acceptors (Lipinski definition) is 5. The zero-order valence-electron chi connectivity index (χ0n) is 20.9. The molecule has 5 rings (SSSR count). The molecule has 0 aliphatic carbocycles. The largest absolute Gasteiger partial charge is 0.497 e. The first-order valence-electron chi connectivity index (χ1n) is 12.4. The predicted octanol–water partition coefficient (Wildman–Crippen LogP) is 4.78. The van der Waals surface area contributed by atoms with Crippen molar-refractivity contribution < 1.29 is 19.0 Å². The van der Waals surface area contributed by atoms with Gasteiger partial charge in [-0.25, -0.2) is 0 Å². The lowest BCUT2D eigenvalue weighted by Gasteiger charge is -2.34. The van der Waals surface area contributed by atoms with Crippen molar-refractivity contribution in [2.24, 2.45) is 5.92 Å². The lowest BCUT2D eigenvalue weighted by Crippen LogP contribution is -2.41. The van der Waals surface area contributed by atoms with Crippen molar-refractivity contribution in [3.05, 3.63) is 65.2 Å². The molecule has 3 aromatic carbocycles. The third kappa shape index (κ3) is 4.94. The molecule has 35 heavy (non-hydrogen) atoms. The fourth-order valence-corrected chi connectivity index (χ4v) is 5.50. The van der Waals surface area contributed by atoms with Gasteiger partial charge in [0.2, 0.25) is 0 Å². The predicted molar refractivity (Wildman–Crippen MR) is 138 cm³/mol. The van der Waals surface area contributed by atoms with Gasteiger partial charge in [-0.3, -0.25) is 4.79 Å². The highest BCUT2D eigenvalue weighted by Gasteiger charge is 2.32. The van der Waals surface area contributed by atoms with E-state index in [1.165, 1.54) is 29.2 Å². The quantitative estimate of drug-likeness (QED) is 0.471. The summed E-state index contributed by atoms with van der Waals surface area (Å²) in [6.45, 7) is 4.65. The van der Waals surface area contributed by atoms with E-state index in [0.717, 1.165) is 49.5 Å². The van der Waals surface area contributed by atoms with E-state index >= 15 is 0 Å². The Kier molecular flexibility index (Phi) is 6.82. The molecule has 2 aliphatic rings. The molecule has 1 amide bonds. The Labute approximate surface area is 207 Å². The molecule has 0 spiro atoms. The molecular formula is C29H34N2O4. The van der Waals surface area contributed by atoms with Crippen LogP contribution in [0.3, 0.4) is 0 Å². The minimum atomic E-state index is 0.103. The first-order valence-corrected chi connectivity index (χ1v) is 12.4. The van der Waals surface area contributed by atoms with E-state index in [1.807, 2.05) is 23.1 Å². The fourth-order valence-electron chi connectivity index (χ4n) is 5.50. The van der Waals surface area contributed by atoms with Gasteiger partial charge in [0, 0.05) is 31.7 Å². The van der Waals surface area contributed by atoms with Crippen molar-refractivity contribution in [2.75, 3.05) is 47.5 Å². The van der Waals surface area contributed by atoms with Crippen LogP contribution in [0.2, 0.25) is 0 Å². The summed E-state index contributed by atoms with van der Waals surface area (Å²) in [5.41, 5.74) is 3.12. The smallest absolute Gasteiger partial charge is 0.254 e. The number of ether oxygens (including phenoxy) is 3. The highest BCUT2D eigenvalue weighted by Crippen LogP contribution is 2.35. The van der Waals surface area contributed by atoms with Crippen LogP contribution in [-0.4, -0.2) is 63.2 Å². The number of piperidine rings is 1. The number of amides is 1. The van der Waals surface area contributed by atoms with E-state index in [1.54, 1.807) is 21.3 Å². The number of carbonyl (C=O) groups excluding carboxylic acids is 1. The van der Waals surface area contributed by atoms with Crippen LogP contribution in [-0.2, 0) is 13.0 Å². The summed E-state index contributed by atoms with van der Waals surface area (Å²) in [5, 5.41) is 2.46. The van der Waals surface area contributed by atoms with E-state index < -0.39 is 0 Å². The van der Waals surface area contributed by atoms with E-state index in [9.17, 15) is 4.79 Å². The summed E-state index contributed by atoms with van der Waals surface area (Å²) in [6, 6.07) is 16.7. The van der Waals surface area contributed by atoms with Crippen LogP contribution in [0.1, 0.15) is 34.3 Å². The molecule has 0 saturated carbocycles. The molecule has 6 heteroatoms. The number of rotatable bonds is 8. The van der Waals surface area contributed by atoms with Gasteiger partial charge in [-0.05, 0) is 77.9 Å². The number of hydrogen-bond donors (Lipinski definition) is 0. The number of nitrogens with zero attached hydrogens (tertiary/aromatic N) is 2. The molecule has 0 radical (unpaired) electrons. The van der Waals surface area contributed by atoms with Crippen LogP contribution in [0.5, 0.6) is 17.2 Å². The monoisotopic (exact) mass is 474 g/mol. The molecule has 1 atom stereocenters. The molecule has 0 aromatic heterocycles. The molecule has 0 bridgehead atoms. The Hall–Kier alpha value is -3.25. The maximum atomic E-state index is 13.1. The highest BCUT2D eigenvalue weighted by molar-refractivity contribution is 5.99. The third-order valence-electron chi connectivity index (χ3n) is 7.40. The zero-order chi connectivity index (χ0) is 24.4. The van der Waals surface area contributed by atoms with Crippen LogP contribution in [0.15, 0.2) is 48.5 Å². The Morgan fingerprint density at radius 2 is 1.69 bits per heavy atom. The maximum absolute atomic E-state index is 13.1. The molecule has 1 saturated heterocycles. The average molecular weight is 475 g/mol. The van der Waals surface area contributed by atoms with Gasteiger partial charge in [-0.15, -0.1) is 0 Å². The molecule has 2 heterocycles. The molecule has 0 N–H and O–H groups in total. The van der Waals surface area contributed by atoms with E-state index in [0.29, 0.717) is 24.0 Å². The molecule has 6 nitrogen and oxygen atoms in total. The second-order valence-electron chi connectivity index (χ2n) is 9.66. The van der Waals surface area contributed by atoms with Crippen molar-refractivity contribution in [3.63, 3.8) is 0 Å². The molecular weight excluding hydrogens is 440 g/mol. The van der Waals surface area contributed by atoms with Crippen molar-refractivity contribution in [3.8, 4) is 17.2 Å². The summed E-state index contributed by atoms with van der Waals surface area (Å²) in [5.74, 6) is 2.78. The molecule has 3 aromatic rings. The lowest BCUT2D eigenvalue weighted by atomic mass is 9.96. The summed E-state index contributed by atoms with van der Waals surface area (Å²) < 4.78 is 16.2. The van der Waals surface area contributed by atoms with Crippen LogP contribution in [0.25, 0.3) is 10.8 Å².